The monoisotopic (exact) mass is 220 g/mol. The van der Waals surface area contributed by atoms with Crippen molar-refractivity contribution in [2.24, 2.45) is 0 Å². The van der Waals surface area contributed by atoms with Gasteiger partial charge in [0.25, 0.3) is 0 Å². The van der Waals surface area contributed by atoms with Crippen LogP contribution >= 0.6 is 0 Å². The van der Waals surface area contributed by atoms with E-state index in [1.165, 1.54) is 25.3 Å². The van der Waals surface area contributed by atoms with Crippen molar-refractivity contribution in [1.82, 2.24) is 4.98 Å². The molecule has 0 fully saturated rings. The van der Waals surface area contributed by atoms with Crippen molar-refractivity contribution in [2.45, 2.75) is 6.92 Å². The van der Waals surface area contributed by atoms with Crippen LogP contribution in [-0.2, 0) is 0 Å². The van der Waals surface area contributed by atoms with Crippen LogP contribution in [0, 0.1) is 18.6 Å². The lowest BCUT2D eigenvalue weighted by Crippen LogP contribution is -1.94. The third-order valence-electron chi connectivity index (χ3n) is 2.37. The number of pyridine rings is 1. The molecular weight excluding hydrogens is 210 g/mol. The van der Waals surface area contributed by atoms with Crippen LogP contribution in [-0.4, -0.2) is 4.98 Å². The van der Waals surface area contributed by atoms with Crippen molar-refractivity contribution >= 4 is 5.82 Å². The lowest BCUT2D eigenvalue weighted by Gasteiger charge is -2.05. The van der Waals surface area contributed by atoms with Gasteiger partial charge in [-0.25, -0.2) is 13.8 Å². The Balaban J connectivity index is 2.57. The standard InChI is InChI=1S/C12H10F2N2/c1-7-2-4-9(12(14)11(7)13)8-3-5-10(15)16-6-8/h2-6H,1H3,(H2,15,16). The number of aromatic nitrogens is 1. The summed E-state index contributed by atoms with van der Waals surface area (Å²) < 4.78 is 27.0. The molecule has 82 valence electrons. The van der Waals surface area contributed by atoms with E-state index in [4.69, 9.17) is 5.73 Å². The highest BCUT2D eigenvalue weighted by Gasteiger charge is 2.12. The highest BCUT2D eigenvalue weighted by atomic mass is 19.2. The molecule has 0 aliphatic heterocycles. The van der Waals surface area contributed by atoms with Gasteiger partial charge in [-0.2, -0.15) is 0 Å². The molecule has 4 heteroatoms. The first-order valence-corrected chi connectivity index (χ1v) is 4.76. The fraction of sp³-hybridized carbons (Fsp3) is 0.0833. The molecule has 2 N–H and O–H groups in total. The van der Waals surface area contributed by atoms with Crippen molar-refractivity contribution in [3.05, 3.63) is 47.7 Å². The van der Waals surface area contributed by atoms with Crippen LogP contribution in [0.1, 0.15) is 5.56 Å². The van der Waals surface area contributed by atoms with E-state index in [1.807, 2.05) is 0 Å². The lowest BCUT2D eigenvalue weighted by atomic mass is 10.0. The first kappa shape index (κ1) is 10.5. The predicted octanol–water partition coefficient (Wildman–Crippen LogP) is 2.92. The van der Waals surface area contributed by atoms with E-state index in [1.54, 1.807) is 12.1 Å². The van der Waals surface area contributed by atoms with E-state index in [2.05, 4.69) is 4.98 Å². The molecular formula is C12H10F2N2. The van der Waals surface area contributed by atoms with Crippen molar-refractivity contribution in [1.29, 1.82) is 0 Å². The quantitative estimate of drug-likeness (QED) is 0.802. The van der Waals surface area contributed by atoms with Gasteiger partial charge in [0.15, 0.2) is 11.6 Å². The Morgan fingerprint density at radius 1 is 1.06 bits per heavy atom. The van der Waals surface area contributed by atoms with Crippen molar-refractivity contribution in [2.75, 3.05) is 5.73 Å². The number of nitrogens with zero attached hydrogens (tertiary/aromatic N) is 1. The third-order valence-corrected chi connectivity index (χ3v) is 2.37. The number of aryl methyl sites for hydroxylation is 1. The van der Waals surface area contributed by atoms with E-state index in [9.17, 15) is 8.78 Å². The molecule has 0 atom stereocenters. The molecule has 0 unspecified atom stereocenters. The van der Waals surface area contributed by atoms with E-state index < -0.39 is 11.6 Å². The average Bonchev–Trinajstić information content (AvgIpc) is 2.28. The van der Waals surface area contributed by atoms with Crippen LogP contribution < -0.4 is 5.73 Å². The van der Waals surface area contributed by atoms with Gasteiger partial charge in [-0.05, 0) is 24.6 Å². The van der Waals surface area contributed by atoms with Gasteiger partial charge in [0.2, 0.25) is 0 Å². The molecule has 0 saturated heterocycles. The number of rotatable bonds is 1. The van der Waals surface area contributed by atoms with Gasteiger partial charge in [-0.1, -0.05) is 12.1 Å². The molecule has 2 nitrogen and oxygen atoms in total. The Morgan fingerprint density at radius 3 is 2.44 bits per heavy atom. The molecule has 0 bridgehead atoms. The second kappa shape index (κ2) is 3.89. The molecule has 2 aromatic rings. The zero-order valence-electron chi connectivity index (χ0n) is 8.67. The molecule has 0 aliphatic carbocycles. The van der Waals surface area contributed by atoms with Crippen LogP contribution in [0.15, 0.2) is 30.5 Å². The van der Waals surface area contributed by atoms with Gasteiger partial charge >= 0.3 is 0 Å². The minimum absolute atomic E-state index is 0.190. The van der Waals surface area contributed by atoms with Gasteiger partial charge in [-0.3, -0.25) is 0 Å². The minimum atomic E-state index is -0.855. The molecule has 16 heavy (non-hydrogen) atoms. The molecule has 1 aromatic carbocycles. The highest BCUT2D eigenvalue weighted by molar-refractivity contribution is 5.64. The smallest absolute Gasteiger partial charge is 0.166 e. The number of hydrogen-bond donors (Lipinski definition) is 1. The van der Waals surface area contributed by atoms with Crippen molar-refractivity contribution < 1.29 is 8.78 Å². The maximum atomic E-state index is 13.6. The molecule has 1 aromatic heterocycles. The Labute approximate surface area is 91.7 Å². The summed E-state index contributed by atoms with van der Waals surface area (Å²) in [5.74, 6) is -1.34. The maximum Gasteiger partial charge on any atom is 0.166 e. The fourth-order valence-corrected chi connectivity index (χ4v) is 1.43. The van der Waals surface area contributed by atoms with Gasteiger partial charge in [-0.15, -0.1) is 0 Å². The van der Waals surface area contributed by atoms with E-state index in [0.717, 1.165) is 0 Å². The molecule has 0 radical (unpaired) electrons. The Morgan fingerprint density at radius 2 is 1.81 bits per heavy atom. The molecule has 0 spiro atoms. The number of anilines is 1. The Bertz CT molecular complexity index is 521. The summed E-state index contributed by atoms with van der Waals surface area (Å²) in [6.45, 7) is 1.52. The van der Waals surface area contributed by atoms with Crippen molar-refractivity contribution in [3.63, 3.8) is 0 Å². The van der Waals surface area contributed by atoms with Crippen LogP contribution in [0.2, 0.25) is 0 Å². The number of nitrogens with two attached hydrogens (primary N) is 1. The van der Waals surface area contributed by atoms with Crippen LogP contribution in [0.25, 0.3) is 11.1 Å². The highest BCUT2D eigenvalue weighted by Crippen LogP contribution is 2.25. The largest absolute Gasteiger partial charge is 0.384 e. The summed E-state index contributed by atoms with van der Waals surface area (Å²) in [6.07, 6.45) is 1.42. The molecule has 1 heterocycles. The zero-order valence-corrected chi connectivity index (χ0v) is 8.67. The molecule has 0 saturated carbocycles. The number of nitrogen functional groups attached to an aromatic ring is 1. The van der Waals surface area contributed by atoms with Crippen LogP contribution in [0.4, 0.5) is 14.6 Å². The molecule has 0 aliphatic rings. The van der Waals surface area contributed by atoms with Crippen LogP contribution in [0.5, 0.6) is 0 Å². The second-order valence-electron chi connectivity index (χ2n) is 3.53. The average molecular weight is 220 g/mol. The van der Waals surface area contributed by atoms with E-state index in [0.29, 0.717) is 11.4 Å². The van der Waals surface area contributed by atoms with E-state index in [-0.39, 0.29) is 11.1 Å². The number of hydrogen-bond acceptors (Lipinski definition) is 2. The van der Waals surface area contributed by atoms with Crippen molar-refractivity contribution in [3.8, 4) is 11.1 Å². The molecule has 0 amide bonds. The summed E-state index contributed by atoms with van der Waals surface area (Å²) >= 11 is 0. The number of halogens is 2. The Kier molecular flexibility index (Phi) is 2.56. The summed E-state index contributed by atoms with van der Waals surface area (Å²) in [6, 6.07) is 6.22. The third kappa shape index (κ3) is 1.74. The van der Waals surface area contributed by atoms with Crippen LogP contribution in [0.3, 0.4) is 0 Å². The van der Waals surface area contributed by atoms with E-state index >= 15 is 0 Å². The first-order valence-electron chi connectivity index (χ1n) is 4.76. The second-order valence-corrected chi connectivity index (χ2v) is 3.53. The first-order chi connectivity index (χ1) is 7.59. The van der Waals surface area contributed by atoms with Gasteiger partial charge in [0.1, 0.15) is 5.82 Å². The lowest BCUT2D eigenvalue weighted by molar-refractivity contribution is 0.505. The Hall–Kier alpha value is -1.97. The number of benzene rings is 1. The SMILES string of the molecule is Cc1ccc(-c2ccc(N)nc2)c(F)c1F. The van der Waals surface area contributed by atoms with Gasteiger partial charge in [0.05, 0.1) is 0 Å². The summed E-state index contributed by atoms with van der Waals surface area (Å²) in [5.41, 5.74) is 6.40. The summed E-state index contributed by atoms with van der Waals surface area (Å²) in [4.78, 5) is 3.84. The van der Waals surface area contributed by atoms with Gasteiger partial charge in [0, 0.05) is 17.3 Å². The predicted molar refractivity (Wildman–Crippen MR) is 58.7 cm³/mol. The summed E-state index contributed by atoms with van der Waals surface area (Å²) in [5, 5.41) is 0. The zero-order chi connectivity index (χ0) is 11.7. The molecule has 2 rings (SSSR count). The van der Waals surface area contributed by atoms with Gasteiger partial charge < -0.3 is 5.73 Å². The topological polar surface area (TPSA) is 38.9 Å². The maximum absolute atomic E-state index is 13.6. The minimum Gasteiger partial charge on any atom is -0.384 e. The fourth-order valence-electron chi connectivity index (χ4n) is 1.43. The normalized spacial score (nSPS) is 10.4. The summed E-state index contributed by atoms with van der Waals surface area (Å²) in [7, 11) is 0.